The lowest BCUT2D eigenvalue weighted by Crippen LogP contribution is -2.26. The van der Waals surface area contributed by atoms with Crippen LogP contribution in [0.2, 0.25) is 0 Å². The van der Waals surface area contributed by atoms with Crippen molar-refractivity contribution in [2.45, 2.75) is 13.0 Å². The second-order valence-electron chi connectivity index (χ2n) is 8.28. The van der Waals surface area contributed by atoms with E-state index in [0.29, 0.717) is 18.1 Å². The number of nitrogens with zero attached hydrogens (tertiary/aromatic N) is 3. The molecule has 0 aliphatic carbocycles. The van der Waals surface area contributed by atoms with Gasteiger partial charge in [-0.3, -0.25) is 0 Å². The highest BCUT2D eigenvalue weighted by molar-refractivity contribution is 5.85. The van der Waals surface area contributed by atoms with Gasteiger partial charge in [-0.2, -0.15) is 0 Å². The summed E-state index contributed by atoms with van der Waals surface area (Å²) in [5, 5.41) is 6.72. The molecule has 2 heterocycles. The fourth-order valence-electron chi connectivity index (χ4n) is 4.17. The van der Waals surface area contributed by atoms with Gasteiger partial charge in [0.25, 0.3) is 0 Å². The lowest BCUT2D eigenvalue weighted by Gasteiger charge is -2.23. The van der Waals surface area contributed by atoms with Crippen LogP contribution in [0.25, 0.3) is 22.0 Å². The van der Waals surface area contributed by atoms with Gasteiger partial charge in [0.05, 0.1) is 0 Å². The fourth-order valence-corrected chi connectivity index (χ4v) is 4.17. The largest absolute Gasteiger partial charge is 0.354 e. The molecule has 0 atom stereocenters. The Labute approximate surface area is 198 Å². The zero-order valence-corrected chi connectivity index (χ0v) is 18.8. The first-order valence-corrected chi connectivity index (χ1v) is 11.5. The minimum atomic E-state index is -0.267. The van der Waals surface area contributed by atoms with Crippen LogP contribution in [0.4, 0.5) is 10.3 Å². The van der Waals surface area contributed by atoms with E-state index < -0.39 is 0 Å². The van der Waals surface area contributed by atoms with Gasteiger partial charge in [0, 0.05) is 43.7 Å². The molecule has 0 radical (unpaired) electrons. The molecule has 5 heteroatoms. The van der Waals surface area contributed by atoms with Crippen LogP contribution in [0.3, 0.4) is 0 Å². The number of anilines is 1. The third kappa shape index (κ3) is 5.09. The molecule has 1 aliphatic heterocycles. The monoisotopic (exact) mass is 451 g/mol. The molecule has 0 saturated carbocycles. The minimum Gasteiger partial charge on any atom is -0.354 e. The molecule has 5 rings (SSSR count). The molecule has 0 fully saturated rings. The van der Waals surface area contributed by atoms with Crippen molar-refractivity contribution in [3.05, 3.63) is 121 Å². The van der Waals surface area contributed by atoms with Crippen LogP contribution >= 0.6 is 0 Å². The van der Waals surface area contributed by atoms with Gasteiger partial charge in [0.1, 0.15) is 11.5 Å². The molecule has 0 bridgehead atoms. The summed E-state index contributed by atoms with van der Waals surface area (Å²) in [5.74, 6) is 0.438. The number of halogens is 1. The van der Waals surface area contributed by atoms with Crippen molar-refractivity contribution in [2.75, 3.05) is 18.0 Å². The van der Waals surface area contributed by atoms with E-state index in [-0.39, 0.29) is 5.82 Å². The molecule has 4 aromatic rings. The van der Waals surface area contributed by atoms with Crippen molar-refractivity contribution < 1.29 is 8.91 Å². The van der Waals surface area contributed by atoms with Crippen LogP contribution in [0, 0.1) is 5.82 Å². The summed E-state index contributed by atoms with van der Waals surface area (Å²) in [6.07, 6.45) is 13.2. The minimum absolute atomic E-state index is 0.267. The molecule has 0 unspecified atom stereocenters. The Morgan fingerprint density at radius 1 is 0.853 bits per heavy atom. The Hall–Kier alpha value is -4.12. The predicted octanol–water partition coefficient (Wildman–Crippen LogP) is 6.93. The molecular formula is C29H26FN3O. The molecule has 0 N–H and O–H groups in total. The zero-order valence-electron chi connectivity index (χ0n) is 18.8. The maximum atomic E-state index is 13.4. The van der Waals surface area contributed by atoms with Gasteiger partial charge >= 0.3 is 0 Å². The van der Waals surface area contributed by atoms with E-state index in [1.54, 1.807) is 12.1 Å². The van der Waals surface area contributed by atoms with E-state index in [0.717, 1.165) is 25.1 Å². The van der Waals surface area contributed by atoms with Gasteiger partial charge in [0.15, 0.2) is 0 Å². The highest BCUT2D eigenvalue weighted by Gasteiger charge is 2.16. The summed E-state index contributed by atoms with van der Waals surface area (Å²) in [7, 11) is 0. The van der Waals surface area contributed by atoms with E-state index in [1.165, 1.54) is 28.5 Å². The summed E-state index contributed by atoms with van der Waals surface area (Å²) in [6.45, 7) is 2.39. The van der Waals surface area contributed by atoms with Crippen LogP contribution in [0.5, 0.6) is 0 Å². The number of hydrogen-bond donors (Lipinski definition) is 0. The van der Waals surface area contributed by atoms with E-state index in [1.807, 2.05) is 30.4 Å². The number of benzene rings is 3. The summed E-state index contributed by atoms with van der Waals surface area (Å²) < 4.78 is 19.1. The van der Waals surface area contributed by atoms with E-state index in [2.05, 4.69) is 69.8 Å². The van der Waals surface area contributed by atoms with Crippen molar-refractivity contribution >= 4 is 16.7 Å². The molecule has 3 aromatic carbocycles. The van der Waals surface area contributed by atoms with Crippen LogP contribution < -0.4 is 4.90 Å². The zero-order chi connectivity index (χ0) is 23.2. The van der Waals surface area contributed by atoms with Crippen molar-refractivity contribution in [2.24, 2.45) is 0 Å². The molecule has 0 spiro atoms. The van der Waals surface area contributed by atoms with Gasteiger partial charge in [-0.05, 0) is 59.2 Å². The summed E-state index contributed by atoms with van der Waals surface area (Å²) in [6, 6.07) is 23.1. The molecule has 0 amide bonds. The maximum absolute atomic E-state index is 13.4. The topological polar surface area (TPSA) is 32.5 Å². The lowest BCUT2D eigenvalue weighted by molar-refractivity contribution is 0.411. The first-order valence-electron chi connectivity index (χ1n) is 11.5. The number of allylic oxidation sites excluding steroid dienone is 4. The molecule has 1 aromatic heterocycles. The van der Waals surface area contributed by atoms with Crippen LogP contribution in [0.1, 0.15) is 12.0 Å². The predicted molar refractivity (Wildman–Crippen MR) is 136 cm³/mol. The molecule has 1 aliphatic rings. The molecule has 34 heavy (non-hydrogen) atoms. The van der Waals surface area contributed by atoms with Crippen molar-refractivity contribution in [1.82, 2.24) is 10.1 Å². The smallest absolute Gasteiger partial charge is 0.228 e. The molecule has 170 valence electrons. The molecule has 4 nitrogen and oxygen atoms in total. The number of aromatic nitrogens is 1. The van der Waals surface area contributed by atoms with Crippen molar-refractivity contribution in [3.63, 3.8) is 0 Å². The van der Waals surface area contributed by atoms with Crippen LogP contribution in [0.15, 0.2) is 114 Å². The molecular weight excluding hydrogens is 425 g/mol. The van der Waals surface area contributed by atoms with E-state index in [4.69, 9.17) is 4.52 Å². The normalized spacial score (nSPS) is 12.9. The van der Waals surface area contributed by atoms with Crippen LogP contribution in [-0.2, 0) is 6.54 Å². The van der Waals surface area contributed by atoms with Crippen molar-refractivity contribution in [3.8, 4) is 11.3 Å². The van der Waals surface area contributed by atoms with Gasteiger partial charge in [-0.15, -0.1) is 0 Å². The first kappa shape index (κ1) is 21.7. The Morgan fingerprint density at radius 3 is 2.44 bits per heavy atom. The molecule has 0 saturated heterocycles. The fraction of sp³-hybridized carbons (Fsp3) is 0.138. The highest BCUT2D eigenvalue weighted by Crippen LogP contribution is 2.27. The number of rotatable bonds is 8. The maximum Gasteiger partial charge on any atom is 0.228 e. The van der Waals surface area contributed by atoms with Gasteiger partial charge in [0.2, 0.25) is 5.88 Å². The van der Waals surface area contributed by atoms with E-state index in [9.17, 15) is 4.39 Å². The SMILES string of the molecule is Fc1ccc(-c2cc(N(CCCN3C=CC=CC=C3)Cc3cccc4ccccc34)on2)cc1. The second-order valence-corrected chi connectivity index (χ2v) is 8.28. The van der Waals surface area contributed by atoms with Crippen molar-refractivity contribution in [1.29, 1.82) is 0 Å². The van der Waals surface area contributed by atoms with E-state index >= 15 is 0 Å². The number of hydrogen-bond acceptors (Lipinski definition) is 4. The van der Waals surface area contributed by atoms with Gasteiger partial charge in [-0.1, -0.05) is 59.8 Å². The number of fused-ring (bicyclic) bond motifs is 1. The van der Waals surface area contributed by atoms with Crippen LogP contribution in [-0.4, -0.2) is 23.1 Å². The third-order valence-electron chi connectivity index (χ3n) is 5.92. The Balaban J connectivity index is 1.39. The van der Waals surface area contributed by atoms with Gasteiger partial charge in [-0.25, -0.2) is 4.39 Å². The first-order chi connectivity index (χ1) is 16.8. The summed E-state index contributed by atoms with van der Waals surface area (Å²) >= 11 is 0. The summed E-state index contributed by atoms with van der Waals surface area (Å²) in [4.78, 5) is 4.41. The summed E-state index contributed by atoms with van der Waals surface area (Å²) in [5.41, 5.74) is 2.76. The van der Waals surface area contributed by atoms with Gasteiger partial charge < -0.3 is 14.3 Å². The Kier molecular flexibility index (Phi) is 6.52. The quantitative estimate of drug-likeness (QED) is 0.291. The Morgan fingerprint density at radius 2 is 1.62 bits per heavy atom. The second kappa shape index (κ2) is 10.2. The third-order valence-corrected chi connectivity index (χ3v) is 5.92. The average molecular weight is 452 g/mol. The average Bonchev–Trinajstić information content (AvgIpc) is 3.21. The highest BCUT2D eigenvalue weighted by atomic mass is 19.1. The lowest BCUT2D eigenvalue weighted by atomic mass is 10.0. The Bertz CT molecular complexity index is 1320. The standard InChI is InChI=1S/C29H26FN3O/c30-26-15-13-24(14-16-26)28-21-29(34-31-28)33(20-8-19-32-17-5-1-2-6-18-32)22-25-11-7-10-23-9-3-4-12-27(23)25/h1-7,9-18,21H,8,19-20,22H2.